The van der Waals surface area contributed by atoms with Crippen molar-refractivity contribution in [3.63, 3.8) is 0 Å². The Morgan fingerprint density at radius 2 is 1.79 bits per heavy atom. The van der Waals surface area contributed by atoms with Crippen LogP contribution in [-0.4, -0.2) is 40.4 Å². The third-order valence-electron chi connectivity index (χ3n) is 4.66. The number of carbonyl (C=O) groups is 1. The van der Waals surface area contributed by atoms with E-state index >= 15 is 0 Å². The second-order valence-corrected chi connectivity index (χ2v) is 6.57. The first kappa shape index (κ1) is 18.3. The highest BCUT2D eigenvalue weighted by Gasteiger charge is 2.14. The summed E-state index contributed by atoms with van der Waals surface area (Å²) in [7, 11) is 3.21. The van der Waals surface area contributed by atoms with E-state index in [1.54, 1.807) is 38.4 Å². The molecule has 2 aromatic carbocycles. The quantitative estimate of drug-likeness (QED) is 0.540. The summed E-state index contributed by atoms with van der Waals surface area (Å²) in [6.45, 7) is 0.0485. The molecule has 0 radical (unpaired) electrons. The molecule has 0 amide bonds. The Morgan fingerprint density at radius 3 is 2.41 bits per heavy atom. The zero-order chi connectivity index (χ0) is 20.7. The van der Waals surface area contributed by atoms with Gasteiger partial charge in [0, 0.05) is 12.6 Å². The molecule has 2 aromatic heterocycles. The van der Waals surface area contributed by atoms with Crippen molar-refractivity contribution in [2.45, 2.75) is 6.54 Å². The van der Waals surface area contributed by atoms with Gasteiger partial charge in [-0.05, 0) is 29.0 Å². The Balaban J connectivity index is 1.76. The van der Waals surface area contributed by atoms with Crippen molar-refractivity contribution in [2.75, 3.05) is 0 Å². The van der Waals surface area contributed by atoms with Gasteiger partial charge < -0.3 is 5.11 Å². The average molecular weight is 392 g/mol. The summed E-state index contributed by atoms with van der Waals surface area (Å²) < 4.78 is 2.42. The highest BCUT2D eigenvalue weighted by Crippen LogP contribution is 2.15. The number of rotatable bonds is 4. The van der Waals surface area contributed by atoms with E-state index in [4.69, 9.17) is 0 Å². The number of carboxylic acids is 1. The topological polar surface area (TPSA) is 125 Å². The Hall–Kier alpha value is -4.08. The maximum atomic E-state index is 12.9. The standard InChI is InChI=1S/C19H16N6O4/c1-23-15-8-7-13(18(27)28)9-14(15)17(26)25(19(23)29)10-11-3-5-12(6-4-11)16-20-22-24(2)21-16/h3-9H,10H2,1-2H3,(H,27,28). The summed E-state index contributed by atoms with van der Waals surface area (Å²) in [6, 6.07) is 11.2. The lowest BCUT2D eigenvalue weighted by Crippen LogP contribution is -2.39. The predicted molar refractivity (Wildman–Crippen MR) is 104 cm³/mol. The van der Waals surface area contributed by atoms with E-state index in [-0.39, 0.29) is 17.5 Å². The summed E-state index contributed by atoms with van der Waals surface area (Å²) in [5, 5.41) is 21.2. The maximum Gasteiger partial charge on any atom is 0.335 e. The van der Waals surface area contributed by atoms with Crippen LogP contribution in [0.25, 0.3) is 22.3 Å². The van der Waals surface area contributed by atoms with Crippen molar-refractivity contribution >= 4 is 16.9 Å². The fourth-order valence-corrected chi connectivity index (χ4v) is 3.13. The molecule has 0 bridgehead atoms. The molecule has 0 aliphatic carbocycles. The summed E-state index contributed by atoms with van der Waals surface area (Å²) >= 11 is 0. The minimum Gasteiger partial charge on any atom is -0.478 e. The maximum absolute atomic E-state index is 12.9. The first-order valence-electron chi connectivity index (χ1n) is 8.65. The Bertz CT molecular complexity index is 1360. The van der Waals surface area contributed by atoms with Gasteiger partial charge in [-0.2, -0.15) is 4.80 Å². The molecule has 0 saturated heterocycles. The van der Waals surface area contributed by atoms with Crippen molar-refractivity contribution in [3.05, 3.63) is 74.4 Å². The van der Waals surface area contributed by atoms with Crippen molar-refractivity contribution < 1.29 is 9.90 Å². The fourth-order valence-electron chi connectivity index (χ4n) is 3.13. The lowest BCUT2D eigenvalue weighted by molar-refractivity contribution is 0.0697. The Morgan fingerprint density at radius 1 is 1.07 bits per heavy atom. The molecule has 0 aliphatic heterocycles. The molecular formula is C19H16N6O4. The van der Waals surface area contributed by atoms with Gasteiger partial charge in [-0.3, -0.25) is 13.9 Å². The number of hydrogen-bond donors (Lipinski definition) is 1. The minimum atomic E-state index is -1.14. The molecule has 4 aromatic rings. The zero-order valence-corrected chi connectivity index (χ0v) is 15.6. The number of benzene rings is 2. The van der Waals surface area contributed by atoms with Crippen molar-refractivity contribution in [3.8, 4) is 11.4 Å². The number of hydrogen-bond acceptors (Lipinski definition) is 6. The van der Waals surface area contributed by atoms with E-state index in [1.807, 2.05) is 0 Å². The molecule has 29 heavy (non-hydrogen) atoms. The fraction of sp³-hybridized carbons (Fsp3) is 0.158. The number of nitrogens with zero attached hydrogens (tertiary/aromatic N) is 6. The molecule has 1 N–H and O–H groups in total. The predicted octanol–water partition coefficient (Wildman–Crippen LogP) is 0.637. The Labute approximate surface area is 163 Å². The SMILES string of the molecule is Cn1nnc(-c2ccc(Cn3c(=O)c4cc(C(=O)O)ccc4n(C)c3=O)cc2)n1. The zero-order valence-electron chi connectivity index (χ0n) is 15.6. The van der Waals surface area contributed by atoms with E-state index in [2.05, 4.69) is 15.4 Å². The van der Waals surface area contributed by atoms with E-state index in [1.165, 1.54) is 27.6 Å². The molecule has 0 unspecified atom stereocenters. The van der Waals surface area contributed by atoms with Crippen molar-refractivity contribution in [1.82, 2.24) is 29.3 Å². The molecular weight excluding hydrogens is 376 g/mol. The number of aromatic carboxylic acids is 1. The first-order chi connectivity index (χ1) is 13.8. The largest absolute Gasteiger partial charge is 0.478 e. The third-order valence-corrected chi connectivity index (χ3v) is 4.66. The highest BCUT2D eigenvalue weighted by atomic mass is 16.4. The van der Waals surface area contributed by atoms with Gasteiger partial charge >= 0.3 is 11.7 Å². The van der Waals surface area contributed by atoms with Crippen LogP contribution in [0.5, 0.6) is 0 Å². The Kier molecular flexibility index (Phi) is 4.30. The number of carboxylic acid groups (broad SMARTS) is 1. The van der Waals surface area contributed by atoms with E-state index in [9.17, 15) is 19.5 Å². The monoisotopic (exact) mass is 392 g/mol. The number of aryl methyl sites for hydroxylation is 2. The number of aromatic nitrogens is 6. The molecule has 146 valence electrons. The van der Waals surface area contributed by atoms with Crippen LogP contribution in [0.15, 0.2) is 52.1 Å². The first-order valence-corrected chi connectivity index (χ1v) is 8.65. The van der Waals surface area contributed by atoms with Gasteiger partial charge in [0.25, 0.3) is 5.56 Å². The van der Waals surface area contributed by atoms with Crippen LogP contribution in [0.4, 0.5) is 0 Å². The van der Waals surface area contributed by atoms with Crippen molar-refractivity contribution in [1.29, 1.82) is 0 Å². The second-order valence-electron chi connectivity index (χ2n) is 6.57. The molecule has 0 fully saturated rings. The minimum absolute atomic E-state index is 0.0133. The lowest BCUT2D eigenvalue weighted by atomic mass is 10.1. The van der Waals surface area contributed by atoms with Gasteiger partial charge in [0.15, 0.2) is 0 Å². The molecule has 10 heteroatoms. The van der Waals surface area contributed by atoms with Gasteiger partial charge in [-0.15, -0.1) is 10.2 Å². The summed E-state index contributed by atoms with van der Waals surface area (Å²) in [6.07, 6.45) is 0. The normalized spacial score (nSPS) is 11.1. The van der Waals surface area contributed by atoms with Crippen LogP contribution in [0, 0.1) is 0 Å². The lowest BCUT2D eigenvalue weighted by Gasteiger charge is -2.11. The van der Waals surface area contributed by atoms with Crippen LogP contribution in [0.1, 0.15) is 15.9 Å². The van der Waals surface area contributed by atoms with Crippen LogP contribution in [0.3, 0.4) is 0 Å². The summed E-state index contributed by atoms with van der Waals surface area (Å²) in [5.74, 6) is -0.668. The van der Waals surface area contributed by atoms with Crippen LogP contribution >= 0.6 is 0 Å². The van der Waals surface area contributed by atoms with Gasteiger partial charge in [-0.25, -0.2) is 9.59 Å². The molecule has 0 spiro atoms. The van der Waals surface area contributed by atoms with Crippen LogP contribution in [0.2, 0.25) is 0 Å². The second kappa shape index (κ2) is 6.82. The highest BCUT2D eigenvalue weighted by molar-refractivity contribution is 5.93. The van der Waals surface area contributed by atoms with Gasteiger partial charge in [-0.1, -0.05) is 24.3 Å². The molecule has 2 heterocycles. The van der Waals surface area contributed by atoms with Crippen LogP contribution < -0.4 is 11.2 Å². The van der Waals surface area contributed by atoms with Crippen LogP contribution in [-0.2, 0) is 20.6 Å². The molecule has 10 nitrogen and oxygen atoms in total. The number of fused-ring (bicyclic) bond motifs is 1. The van der Waals surface area contributed by atoms with E-state index in [0.717, 1.165) is 15.7 Å². The van der Waals surface area contributed by atoms with Gasteiger partial charge in [0.1, 0.15) is 0 Å². The molecule has 4 rings (SSSR count). The van der Waals surface area contributed by atoms with Gasteiger partial charge in [0.05, 0.1) is 30.1 Å². The third kappa shape index (κ3) is 3.20. The molecule has 0 atom stereocenters. The smallest absolute Gasteiger partial charge is 0.335 e. The van der Waals surface area contributed by atoms with E-state index < -0.39 is 17.2 Å². The molecule has 0 aliphatic rings. The van der Waals surface area contributed by atoms with Crippen molar-refractivity contribution in [2.24, 2.45) is 14.1 Å². The van der Waals surface area contributed by atoms with E-state index in [0.29, 0.717) is 11.3 Å². The average Bonchev–Trinajstić information content (AvgIpc) is 3.16. The molecule has 0 saturated carbocycles. The summed E-state index contributed by atoms with van der Waals surface area (Å²) in [5.41, 5.74) is 0.833. The summed E-state index contributed by atoms with van der Waals surface area (Å²) in [4.78, 5) is 38.2. The number of tetrazole rings is 1. The van der Waals surface area contributed by atoms with Gasteiger partial charge in [0.2, 0.25) is 5.82 Å².